The fourth-order valence-corrected chi connectivity index (χ4v) is 3.44. The van der Waals surface area contributed by atoms with Crippen molar-refractivity contribution in [3.05, 3.63) is 47.5 Å². The van der Waals surface area contributed by atoms with Crippen molar-refractivity contribution >= 4 is 39.0 Å². The van der Waals surface area contributed by atoms with Gasteiger partial charge in [-0.05, 0) is 30.3 Å². The van der Waals surface area contributed by atoms with E-state index >= 15 is 0 Å². The topological polar surface area (TPSA) is 105 Å². The predicted octanol–water partition coefficient (Wildman–Crippen LogP) is 3.58. The fraction of sp³-hybridized carbons (Fsp3) is 0.188. The van der Waals surface area contributed by atoms with E-state index in [1.807, 2.05) is 0 Å². The van der Waals surface area contributed by atoms with Crippen molar-refractivity contribution in [2.45, 2.75) is 11.1 Å². The number of hydrogen-bond acceptors (Lipinski definition) is 5. The minimum absolute atomic E-state index is 0.0322. The maximum atomic E-state index is 12.5. The standard InChI is InChI=1S/C16H14ClF3N2O5S/c17-11-7-10(5-6-14(11)27-8-15(23)24)28(25,26)22-13-4-2-1-3-12(13)21-9-16(18,19)20/h1-7,21-22H,8-9H2,(H,23,24). The normalized spacial score (nSPS) is 11.7. The van der Waals surface area contributed by atoms with Crippen molar-refractivity contribution in [3.63, 3.8) is 0 Å². The molecule has 0 radical (unpaired) electrons. The molecule has 0 aromatic heterocycles. The van der Waals surface area contributed by atoms with Gasteiger partial charge in [0.15, 0.2) is 6.61 Å². The maximum absolute atomic E-state index is 12.5. The van der Waals surface area contributed by atoms with E-state index in [-0.39, 0.29) is 27.0 Å². The minimum Gasteiger partial charge on any atom is -0.480 e. The molecule has 0 amide bonds. The van der Waals surface area contributed by atoms with E-state index in [9.17, 15) is 26.4 Å². The van der Waals surface area contributed by atoms with Gasteiger partial charge in [0.05, 0.1) is 21.3 Å². The molecule has 0 atom stereocenters. The summed E-state index contributed by atoms with van der Waals surface area (Å²) in [5, 5.41) is 10.6. The van der Waals surface area contributed by atoms with Gasteiger partial charge in [0.1, 0.15) is 12.3 Å². The first kappa shape index (κ1) is 21.6. The Bertz CT molecular complexity index is 967. The summed E-state index contributed by atoms with van der Waals surface area (Å²) in [6.45, 7) is -2.00. The number of ether oxygens (including phenoxy) is 1. The van der Waals surface area contributed by atoms with Gasteiger partial charge in [-0.3, -0.25) is 4.72 Å². The lowest BCUT2D eigenvalue weighted by molar-refractivity contribution is -0.139. The largest absolute Gasteiger partial charge is 0.480 e. The number of carboxylic acid groups (broad SMARTS) is 1. The number of alkyl halides is 3. The van der Waals surface area contributed by atoms with Gasteiger partial charge in [-0.25, -0.2) is 13.2 Å². The van der Waals surface area contributed by atoms with Crippen molar-refractivity contribution in [1.29, 1.82) is 0 Å². The minimum atomic E-state index is -4.48. The van der Waals surface area contributed by atoms with Crippen LogP contribution in [0.1, 0.15) is 0 Å². The zero-order chi connectivity index (χ0) is 20.9. The molecule has 0 bridgehead atoms. The van der Waals surface area contributed by atoms with Crippen molar-refractivity contribution in [2.24, 2.45) is 0 Å². The summed E-state index contributed by atoms with van der Waals surface area (Å²) in [4.78, 5) is 10.2. The third-order valence-corrected chi connectivity index (χ3v) is 4.87. The molecule has 152 valence electrons. The summed E-state index contributed by atoms with van der Waals surface area (Å²) in [6, 6.07) is 8.81. The number of aliphatic carboxylic acids is 1. The second kappa shape index (κ2) is 8.57. The van der Waals surface area contributed by atoms with Crippen LogP contribution in [0.3, 0.4) is 0 Å². The zero-order valence-electron chi connectivity index (χ0n) is 14.0. The number of carbonyl (C=O) groups is 1. The monoisotopic (exact) mass is 438 g/mol. The Labute approximate surface area is 163 Å². The number of benzene rings is 2. The molecular weight excluding hydrogens is 425 g/mol. The molecule has 12 heteroatoms. The number of rotatable bonds is 8. The number of sulfonamides is 1. The SMILES string of the molecule is O=C(O)COc1ccc(S(=O)(=O)Nc2ccccc2NCC(F)(F)F)cc1Cl. The van der Waals surface area contributed by atoms with Gasteiger partial charge in [-0.1, -0.05) is 23.7 Å². The molecule has 0 aliphatic rings. The van der Waals surface area contributed by atoms with Gasteiger partial charge < -0.3 is 15.2 Å². The van der Waals surface area contributed by atoms with E-state index < -0.39 is 35.3 Å². The Morgan fingerprint density at radius 1 is 1.14 bits per heavy atom. The Balaban J connectivity index is 2.22. The smallest absolute Gasteiger partial charge is 0.405 e. The van der Waals surface area contributed by atoms with E-state index in [1.54, 1.807) is 0 Å². The van der Waals surface area contributed by atoms with Crippen LogP contribution in [0.2, 0.25) is 5.02 Å². The Kier molecular flexibility index (Phi) is 6.62. The van der Waals surface area contributed by atoms with Crippen molar-refractivity contribution < 1.29 is 36.2 Å². The molecule has 0 heterocycles. The van der Waals surface area contributed by atoms with Gasteiger partial charge in [-0.15, -0.1) is 0 Å². The highest BCUT2D eigenvalue weighted by molar-refractivity contribution is 7.92. The number of carboxylic acids is 1. The third-order valence-electron chi connectivity index (χ3n) is 3.22. The van der Waals surface area contributed by atoms with Crippen LogP contribution in [-0.2, 0) is 14.8 Å². The van der Waals surface area contributed by atoms with Crippen LogP contribution in [0.15, 0.2) is 47.4 Å². The summed E-state index contributed by atoms with van der Waals surface area (Å²) in [5.41, 5.74) is -0.148. The zero-order valence-corrected chi connectivity index (χ0v) is 15.5. The first-order valence-electron chi connectivity index (χ1n) is 7.54. The first-order chi connectivity index (χ1) is 13.0. The van der Waals surface area contributed by atoms with Gasteiger partial charge in [-0.2, -0.15) is 13.2 Å². The van der Waals surface area contributed by atoms with E-state index in [0.29, 0.717) is 0 Å². The average Bonchev–Trinajstić information content (AvgIpc) is 2.58. The first-order valence-corrected chi connectivity index (χ1v) is 9.41. The molecular formula is C16H14ClF3N2O5S. The van der Waals surface area contributed by atoms with Gasteiger partial charge in [0.25, 0.3) is 10.0 Å². The van der Waals surface area contributed by atoms with Crippen LogP contribution in [0.4, 0.5) is 24.5 Å². The second-order valence-corrected chi connectivity index (χ2v) is 7.48. The summed E-state index contributed by atoms with van der Waals surface area (Å²) in [7, 11) is -4.19. The quantitative estimate of drug-likeness (QED) is 0.582. The van der Waals surface area contributed by atoms with Crippen LogP contribution in [0.25, 0.3) is 0 Å². The molecule has 3 N–H and O–H groups in total. The van der Waals surface area contributed by atoms with Gasteiger partial charge >= 0.3 is 12.1 Å². The average molecular weight is 439 g/mol. The maximum Gasteiger partial charge on any atom is 0.405 e. The molecule has 0 fully saturated rings. The van der Waals surface area contributed by atoms with Gasteiger partial charge in [0.2, 0.25) is 0 Å². The van der Waals surface area contributed by atoms with Crippen LogP contribution in [0, 0.1) is 0 Å². The molecule has 0 aliphatic carbocycles. The van der Waals surface area contributed by atoms with E-state index in [1.165, 1.54) is 30.3 Å². The lowest BCUT2D eigenvalue weighted by Crippen LogP contribution is -2.22. The molecule has 0 saturated heterocycles. The summed E-state index contributed by atoms with van der Waals surface area (Å²) in [5.74, 6) is -1.27. The summed E-state index contributed by atoms with van der Waals surface area (Å²) >= 11 is 5.91. The summed E-state index contributed by atoms with van der Waals surface area (Å²) < 4.78 is 69.4. The fourth-order valence-electron chi connectivity index (χ4n) is 2.03. The van der Waals surface area contributed by atoms with Crippen molar-refractivity contribution in [3.8, 4) is 5.75 Å². The highest BCUT2D eigenvalue weighted by Gasteiger charge is 2.27. The Hall–Kier alpha value is -2.66. The molecule has 0 unspecified atom stereocenters. The third kappa shape index (κ3) is 6.20. The Morgan fingerprint density at radius 3 is 2.36 bits per heavy atom. The molecule has 2 rings (SSSR count). The highest BCUT2D eigenvalue weighted by atomic mass is 35.5. The van der Waals surface area contributed by atoms with Crippen LogP contribution in [0.5, 0.6) is 5.75 Å². The van der Waals surface area contributed by atoms with Crippen LogP contribution < -0.4 is 14.8 Å². The number of para-hydroxylation sites is 2. The van der Waals surface area contributed by atoms with Crippen molar-refractivity contribution in [1.82, 2.24) is 0 Å². The lowest BCUT2D eigenvalue weighted by Gasteiger charge is -2.15. The predicted molar refractivity (Wildman–Crippen MR) is 96.4 cm³/mol. The van der Waals surface area contributed by atoms with E-state index in [2.05, 4.69) is 10.0 Å². The number of hydrogen-bond donors (Lipinski definition) is 3. The molecule has 0 aliphatic heterocycles. The summed E-state index contributed by atoms with van der Waals surface area (Å²) in [6.07, 6.45) is -4.48. The molecule has 0 saturated carbocycles. The number of halogens is 4. The second-order valence-electron chi connectivity index (χ2n) is 5.39. The van der Waals surface area contributed by atoms with Crippen LogP contribution >= 0.6 is 11.6 Å². The van der Waals surface area contributed by atoms with Crippen LogP contribution in [-0.4, -0.2) is 38.8 Å². The van der Waals surface area contributed by atoms with E-state index in [4.69, 9.17) is 21.4 Å². The Morgan fingerprint density at radius 2 is 1.79 bits per heavy atom. The molecule has 7 nitrogen and oxygen atoms in total. The molecule has 2 aromatic carbocycles. The molecule has 0 spiro atoms. The van der Waals surface area contributed by atoms with E-state index in [0.717, 1.165) is 12.1 Å². The molecule has 28 heavy (non-hydrogen) atoms. The highest BCUT2D eigenvalue weighted by Crippen LogP contribution is 2.30. The molecule has 2 aromatic rings. The lowest BCUT2D eigenvalue weighted by atomic mass is 10.3. The number of nitrogens with one attached hydrogen (secondary N) is 2. The van der Waals surface area contributed by atoms with Crippen molar-refractivity contribution in [2.75, 3.05) is 23.2 Å². The van der Waals surface area contributed by atoms with Gasteiger partial charge in [0, 0.05) is 0 Å². The number of anilines is 2.